The largest absolute Gasteiger partial charge is 0.367 e. The second-order valence-corrected chi connectivity index (χ2v) is 5.19. The fourth-order valence-electron chi connectivity index (χ4n) is 2.12. The van der Waals surface area contributed by atoms with E-state index in [2.05, 4.69) is 25.9 Å². The van der Waals surface area contributed by atoms with Gasteiger partial charge in [-0.1, -0.05) is 30.3 Å². The zero-order valence-corrected chi connectivity index (χ0v) is 13.5. The van der Waals surface area contributed by atoms with Gasteiger partial charge >= 0.3 is 0 Å². The van der Waals surface area contributed by atoms with Crippen molar-refractivity contribution in [3.05, 3.63) is 72.6 Å². The molecule has 0 spiro atoms. The van der Waals surface area contributed by atoms with Crippen LogP contribution in [0.1, 0.15) is 5.56 Å². The number of nitrogens with one attached hydrogen (secondary N) is 2. The van der Waals surface area contributed by atoms with Gasteiger partial charge < -0.3 is 10.6 Å². The van der Waals surface area contributed by atoms with Crippen LogP contribution in [0, 0.1) is 0 Å². The standard InChI is InChI=1S/C18H18N6O/c25-18(10-7-15-5-2-1-3-6-15)20-13-12-19-16-8-9-17(23-22-16)24-14-4-11-21-24/h1-11,14H,12-13H2,(H,19,22)(H,20,25). The molecule has 0 bridgehead atoms. The van der Waals surface area contributed by atoms with Gasteiger partial charge in [0.25, 0.3) is 0 Å². The highest BCUT2D eigenvalue weighted by atomic mass is 16.1. The molecule has 2 N–H and O–H groups in total. The maximum Gasteiger partial charge on any atom is 0.244 e. The van der Waals surface area contributed by atoms with E-state index >= 15 is 0 Å². The Hall–Kier alpha value is -3.48. The average Bonchev–Trinajstić information content (AvgIpc) is 3.20. The number of amides is 1. The molecule has 25 heavy (non-hydrogen) atoms. The van der Waals surface area contributed by atoms with E-state index in [-0.39, 0.29) is 5.91 Å². The van der Waals surface area contributed by atoms with Crippen molar-refractivity contribution in [2.24, 2.45) is 0 Å². The fourth-order valence-corrected chi connectivity index (χ4v) is 2.12. The van der Waals surface area contributed by atoms with Crippen molar-refractivity contribution < 1.29 is 4.79 Å². The predicted octanol–water partition coefficient (Wildman–Crippen LogP) is 1.90. The van der Waals surface area contributed by atoms with Gasteiger partial charge in [-0.25, -0.2) is 4.68 Å². The van der Waals surface area contributed by atoms with Crippen LogP contribution in [0.2, 0.25) is 0 Å². The Kier molecular flexibility index (Phi) is 5.50. The molecule has 0 fully saturated rings. The van der Waals surface area contributed by atoms with Crippen molar-refractivity contribution in [1.29, 1.82) is 0 Å². The Morgan fingerprint density at radius 3 is 2.64 bits per heavy atom. The summed E-state index contributed by atoms with van der Waals surface area (Å²) < 4.78 is 1.63. The quantitative estimate of drug-likeness (QED) is 0.509. The molecule has 7 heteroatoms. The van der Waals surface area contributed by atoms with Gasteiger partial charge in [-0.15, -0.1) is 10.2 Å². The number of aromatic nitrogens is 4. The minimum Gasteiger partial charge on any atom is -0.367 e. The third-order valence-corrected chi connectivity index (χ3v) is 3.35. The van der Waals surface area contributed by atoms with Crippen LogP contribution in [0.25, 0.3) is 11.9 Å². The van der Waals surface area contributed by atoms with Crippen molar-refractivity contribution in [3.8, 4) is 5.82 Å². The summed E-state index contributed by atoms with van der Waals surface area (Å²) in [6.07, 6.45) is 6.79. The third-order valence-electron chi connectivity index (χ3n) is 3.35. The van der Waals surface area contributed by atoms with E-state index in [9.17, 15) is 4.79 Å². The maximum atomic E-state index is 11.7. The van der Waals surface area contributed by atoms with Gasteiger partial charge in [0, 0.05) is 31.6 Å². The Balaban J connectivity index is 1.39. The van der Waals surface area contributed by atoms with E-state index in [0.29, 0.717) is 24.7 Å². The zero-order chi connectivity index (χ0) is 17.3. The summed E-state index contributed by atoms with van der Waals surface area (Å²) in [4.78, 5) is 11.7. The lowest BCUT2D eigenvalue weighted by Crippen LogP contribution is -2.27. The molecule has 2 aromatic heterocycles. The minimum atomic E-state index is -0.134. The molecule has 7 nitrogen and oxygen atoms in total. The molecule has 0 saturated heterocycles. The summed E-state index contributed by atoms with van der Waals surface area (Å²) in [5, 5.41) is 18.2. The molecular formula is C18H18N6O. The highest BCUT2D eigenvalue weighted by Crippen LogP contribution is 2.05. The molecule has 0 aliphatic carbocycles. The lowest BCUT2D eigenvalue weighted by molar-refractivity contribution is -0.116. The van der Waals surface area contributed by atoms with E-state index in [4.69, 9.17) is 0 Å². The van der Waals surface area contributed by atoms with Crippen LogP contribution in [-0.4, -0.2) is 39.0 Å². The maximum absolute atomic E-state index is 11.7. The number of carbonyl (C=O) groups excluding carboxylic acids is 1. The summed E-state index contributed by atoms with van der Waals surface area (Å²) in [6.45, 7) is 1.04. The second-order valence-electron chi connectivity index (χ2n) is 5.19. The Labute approximate surface area is 145 Å². The average molecular weight is 334 g/mol. The number of benzene rings is 1. The molecule has 0 atom stereocenters. The SMILES string of the molecule is O=C(C=Cc1ccccc1)NCCNc1ccc(-n2cccn2)nn1. The van der Waals surface area contributed by atoms with Crippen LogP contribution in [-0.2, 0) is 4.79 Å². The highest BCUT2D eigenvalue weighted by molar-refractivity contribution is 5.91. The molecule has 3 rings (SSSR count). The van der Waals surface area contributed by atoms with E-state index in [1.54, 1.807) is 23.2 Å². The van der Waals surface area contributed by atoms with E-state index in [1.807, 2.05) is 48.5 Å². The number of carbonyl (C=O) groups is 1. The van der Waals surface area contributed by atoms with Gasteiger partial charge in [-0.3, -0.25) is 4.79 Å². The molecule has 2 heterocycles. The van der Waals surface area contributed by atoms with E-state index in [1.165, 1.54) is 6.08 Å². The van der Waals surface area contributed by atoms with E-state index in [0.717, 1.165) is 5.56 Å². The molecule has 1 amide bonds. The van der Waals surface area contributed by atoms with Crippen LogP contribution < -0.4 is 10.6 Å². The summed E-state index contributed by atoms with van der Waals surface area (Å²) in [5.74, 6) is 1.16. The highest BCUT2D eigenvalue weighted by Gasteiger charge is 2.00. The minimum absolute atomic E-state index is 0.134. The number of rotatable bonds is 7. The van der Waals surface area contributed by atoms with Gasteiger partial charge in [0.1, 0.15) is 5.82 Å². The molecular weight excluding hydrogens is 316 g/mol. The first kappa shape index (κ1) is 16.4. The Morgan fingerprint density at radius 1 is 1.04 bits per heavy atom. The van der Waals surface area contributed by atoms with Gasteiger partial charge in [0.2, 0.25) is 5.91 Å². The molecule has 0 saturated carbocycles. The fraction of sp³-hybridized carbons (Fsp3) is 0.111. The molecule has 0 aliphatic heterocycles. The van der Waals surface area contributed by atoms with Gasteiger partial charge in [0.05, 0.1) is 0 Å². The number of anilines is 1. The van der Waals surface area contributed by atoms with Crippen LogP contribution in [0.4, 0.5) is 5.82 Å². The van der Waals surface area contributed by atoms with Crippen molar-refractivity contribution in [3.63, 3.8) is 0 Å². The van der Waals surface area contributed by atoms with Crippen molar-refractivity contribution >= 4 is 17.8 Å². The van der Waals surface area contributed by atoms with Crippen LogP contribution in [0.15, 0.2) is 67.0 Å². The summed E-state index contributed by atoms with van der Waals surface area (Å²) >= 11 is 0. The molecule has 126 valence electrons. The van der Waals surface area contributed by atoms with Crippen LogP contribution >= 0.6 is 0 Å². The molecule has 0 radical (unpaired) electrons. The summed E-state index contributed by atoms with van der Waals surface area (Å²) in [6, 6.07) is 15.1. The first-order valence-electron chi connectivity index (χ1n) is 7.90. The molecule has 3 aromatic rings. The van der Waals surface area contributed by atoms with E-state index < -0.39 is 0 Å². The van der Waals surface area contributed by atoms with Gasteiger partial charge in [-0.2, -0.15) is 5.10 Å². The van der Waals surface area contributed by atoms with Crippen LogP contribution in [0.5, 0.6) is 0 Å². The van der Waals surface area contributed by atoms with Gasteiger partial charge in [-0.05, 0) is 29.8 Å². The first-order valence-corrected chi connectivity index (χ1v) is 7.90. The number of nitrogens with zero attached hydrogens (tertiary/aromatic N) is 4. The summed E-state index contributed by atoms with van der Waals surface area (Å²) in [5.41, 5.74) is 0.989. The Morgan fingerprint density at radius 2 is 1.92 bits per heavy atom. The van der Waals surface area contributed by atoms with Crippen LogP contribution in [0.3, 0.4) is 0 Å². The first-order chi connectivity index (χ1) is 12.3. The second kappa shape index (κ2) is 8.39. The smallest absolute Gasteiger partial charge is 0.244 e. The normalized spacial score (nSPS) is 10.7. The Bertz CT molecular complexity index is 813. The van der Waals surface area contributed by atoms with Crippen molar-refractivity contribution in [2.45, 2.75) is 0 Å². The van der Waals surface area contributed by atoms with Crippen molar-refractivity contribution in [2.75, 3.05) is 18.4 Å². The molecule has 1 aromatic carbocycles. The lowest BCUT2D eigenvalue weighted by atomic mass is 10.2. The van der Waals surface area contributed by atoms with Gasteiger partial charge in [0.15, 0.2) is 5.82 Å². The topological polar surface area (TPSA) is 84.7 Å². The zero-order valence-electron chi connectivity index (χ0n) is 13.5. The van der Waals surface area contributed by atoms with Crippen molar-refractivity contribution in [1.82, 2.24) is 25.3 Å². The summed E-state index contributed by atoms with van der Waals surface area (Å²) in [7, 11) is 0. The molecule has 0 unspecified atom stereocenters. The lowest BCUT2D eigenvalue weighted by Gasteiger charge is -2.06. The predicted molar refractivity (Wildman–Crippen MR) is 96.1 cm³/mol. The third kappa shape index (κ3) is 5.00. The number of hydrogen-bond acceptors (Lipinski definition) is 5. The number of hydrogen-bond donors (Lipinski definition) is 2. The monoisotopic (exact) mass is 334 g/mol. The molecule has 0 aliphatic rings.